The fourth-order valence-electron chi connectivity index (χ4n) is 1.45. The van der Waals surface area contributed by atoms with E-state index in [9.17, 15) is 13.2 Å². The Labute approximate surface area is 83.7 Å². The van der Waals surface area contributed by atoms with E-state index in [0.717, 1.165) is 6.07 Å². The number of hydrogen-bond donors (Lipinski definition) is 1. The van der Waals surface area contributed by atoms with Gasteiger partial charge < -0.3 is 5.73 Å². The normalized spacial score (nSPS) is 28.9. The standard InChI is InChI=1S/C9H7ClF3N/c10-5-1-2-6(7(11)3-5)8(14)4-9(8,12)13/h1-3H,4,14H2. The van der Waals surface area contributed by atoms with Crippen LogP contribution >= 0.6 is 11.6 Å². The lowest BCUT2D eigenvalue weighted by atomic mass is 10.0. The first-order valence-electron chi connectivity index (χ1n) is 3.99. The molecule has 0 bridgehead atoms. The third kappa shape index (κ3) is 1.21. The van der Waals surface area contributed by atoms with Crippen molar-refractivity contribution in [1.82, 2.24) is 0 Å². The van der Waals surface area contributed by atoms with Crippen LogP contribution in [0.3, 0.4) is 0 Å². The topological polar surface area (TPSA) is 26.0 Å². The summed E-state index contributed by atoms with van der Waals surface area (Å²) in [6.07, 6.45) is -0.515. The zero-order chi connectivity index (χ0) is 10.6. The maximum atomic E-state index is 13.2. The van der Waals surface area contributed by atoms with Crippen LogP contribution in [-0.2, 0) is 5.54 Å². The molecule has 1 aromatic rings. The molecule has 0 saturated heterocycles. The van der Waals surface area contributed by atoms with Crippen LogP contribution in [0.2, 0.25) is 5.02 Å². The molecule has 0 spiro atoms. The van der Waals surface area contributed by atoms with Crippen LogP contribution < -0.4 is 5.73 Å². The molecule has 76 valence electrons. The lowest BCUT2D eigenvalue weighted by Gasteiger charge is -2.11. The molecular weight excluding hydrogens is 215 g/mol. The Balaban J connectivity index is 2.45. The van der Waals surface area contributed by atoms with Crippen molar-refractivity contribution in [2.45, 2.75) is 17.9 Å². The fraction of sp³-hybridized carbons (Fsp3) is 0.333. The van der Waals surface area contributed by atoms with Crippen molar-refractivity contribution < 1.29 is 13.2 Å². The Kier molecular flexibility index (Phi) is 1.85. The first-order chi connectivity index (χ1) is 6.37. The quantitative estimate of drug-likeness (QED) is 0.775. The second kappa shape index (κ2) is 2.64. The van der Waals surface area contributed by atoms with Gasteiger partial charge in [0.1, 0.15) is 11.4 Å². The van der Waals surface area contributed by atoms with Gasteiger partial charge in [-0.2, -0.15) is 0 Å². The van der Waals surface area contributed by atoms with Gasteiger partial charge in [0.15, 0.2) is 0 Å². The third-order valence-corrected chi connectivity index (χ3v) is 2.68. The van der Waals surface area contributed by atoms with E-state index in [-0.39, 0.29) is 10.6 Å². The van der Waals surface area contributed by atoms with Crippen LogP contribution in [0.25, 0.3) is 0 Å². The lowest BCUT2D eigenvalue weighted by Crippen LogP contribution is -2.28. The zero-order valence-corrected chi connectivity index (χ0v) is 7.78. The Morgan fingerprint density at radius 3 is 2.36 bits per heavy atom. The highest BCUT2D eigenvalue weighted by molar-refractivity contribution is 6.30. The van der Waals surface area contributed by atoms with Gasteiger partial charge in [0.25, 0.3) is 5.92 Å². The van der Waals surface area contributed by atoms with Crippen molar-refractivity contribution >= 4 is 11.6 Å². The molecule has 1 saturated carbocycles. The largest absolute Gasteiger partial charge is 0.316 e. The molecule has 1 atom stereocenters. The number of nitrogens with two attached hydrogens (primary N) is 1. The molecule has 0 aromatic heterocycles. The molecule has 2 N–H and O–H groups in total. The van der Waals surface area contributed by atoms with Crippen molar-refractivity contribution in [1.29, 1.82) is 0 Å². The molecule has 5 heteroatoms. The van der Waals surface area contributed by atoms with Crippen LogP contribution in [0.1, 0.15) is 12.0 Å². The van der Waals surface area contributed by atoms with E-state index < -0.39 is 23.7 Å². The van der Waals surface area contributed by atoms with Gasteiger partial charge in [0, 0.05) is 17.0 Å². The molecule has 0 aliphatic heterocycles. The van der Waals surface area contributed by atoms with E-state index in [1.54, 1.807) is 0 Å². The maximum absolute atomic E-state index is 13.2. The minimum absolute atomic E-state index is 0.166. The minimum atomic E-state index is -3.01. The molecule has 1 aromatic carbocycles. The van der Waals surface area contributed by atoms with Crippen molar-refractivity contribution in [3.63, 3.8) is 0 Å². The summed E-state index contributed by atoms with van der Waals surface area (Å²) in [5.41, 5.74) is 3.34. The maximum Gasteiger partial charge on any atom is 0.272 e. The van der Waals surface area contributed by atoms with Crippen LogP contribution in [-0.4, -0.2) is 5.92 Å². The van der Waals surface area contributed by atoms with Gasteiger partial charge in [-0.3, -0.25) is 0 Å². The van der Waals surface area contributed by atoms with E-state index in [4.69, 9.17) is 17.3 Å². The van der Waals surface area contributed by atoms with E-state index in [2.05, 4.69) is 0 Å². The summed E-state index contributed by atoms with van der Waals surface area (Å²) < 4.78 is 38.9. The molecule has 0 radical (unpaired) electrons. The molecule has 1 unspecified atom stereocenters. The molecular formula is C9H7ClF3N. The van der Waals surface area contributed by atoms with Crippen molar-refractivity contribution in [2.75, 3.05) is 0 Å². The summed E-state index contributed by atoms with van der Waals surface area (Å²) in [5, 5.41) is 0.166. The van der Waals surface area contributed by atoms with Crippen LogP contribution in [0.15, 0.2) is 18.2 Å². The molecule has 2 rings (SSSR count). The Morgan fingerprint density at radius 1 is 1.36 bits per heavy atom. The van der Waals surface area contributed by atoms with E-state index in [1.165, 1.54) is 12.1 Å². The van der Waals surface area contributed by atoms with Crippen molar-refractivity contribution in [3.05, 3.63) is 34.6 Å². The summed E-state index contributed by atoms with van der Waals surface area (Å²) in [6.45, 7) is 0. The highest BCUT2D eigenvalue weighted by Gasteiger charge is 2.70. The Morgan fingerprint density at radius 2 is 1.93 bits per heavy atom. The third-order valence-electron chi connectivity index (χ3n) is 2.44. The number of rotatable bonds is 1. The van der Waals surface area contributed by atoms with E-state index >= 15 is 0 Å². The van der Waals surface area contributed by atoms with Gasteiger partial charge >= 0.3 is 0 Å². The van der Waals surface area contributed by atoms with Crippen LogP contribution in [0.4, 0.5) is 13.2 Å². The molecule has 14 heavy (non-hydrogen) atoms. The average molecular weight is 222 g/mol. The summed E-state index contributed by atoms with van der Waals surface area (Å²) in [5.74, 6) is -3.79. The summed E-state index contributed by atoms with van der Waals surface area (Å²) in [6, 6.07) is 3.54. The summed E-state index contributed by atoms with van der Waals surface area (Å²) in [7, 11) is 0. The average Bonchev–Trinajstić information content (AvgIpc) is 2.50. The molecule has 0 heterocycles. The first kappa shape index (κ1) is 9.80. The van der Waals surface area contributed by atoms with Crippen molar-refractivity contribution in [2.24, 2.45) is 5.73 Å². The number of halogens is 4. The molecule has 0 amide bonds. The van der Waals surface area contributed by atoms with Crippen molar-refractivity contribution in [3.8, 4) is 0 Å². The van der Waals surface area contributed by atoms with Gasteiger partial charge in [-0.1, -0.05) is 17.7 Å². The van der Waals surface area contributed by atoms with Gasteiger partial charge in [-0.15, -0.1) is 0 Å². The van der Waals surface area contributed by atoms with Gasteiger partial charge in [-0.25, -0.2) is 13.2 Å². The number of benzene rings is 1. The van der Waals surface area contributed by atoms with Gasteiger partial charge in [-0.05, 0) is 12.1 Å². The van der Waals surface area contributed by atoms with E-state index in [1.807, 2.05) is 0 Å². The smallest absolute Gasteiger partial charge is 0.272 e. The van der Waals surface area contributed by atoms with Gasteiger partial charge in [0.05, 0.1) is 0 Å². The number of alkyl halides is 2. The summed E-state index contributed by atoms with van der Waals surface area (Å²) in [4.78, 5) is 0. The Bertz CT molecular complexity index is 394. The van der Waals surface area contributed by atoms with Crippen LogP contribution in [0.5, 0.6) is 0 Å². The monoisotopic (exact) mass is 221 g/mol. The molecule has 1 aliphatic rings. The first-order valence-corrected chi connectivity index (χ1v) is 4.37. The minimum Gasteiger partial charge on any atom is -0.316 e. The summed E-state index contributed by atoms with van der Waals surface area (Å²) >= 11 is 5.49. The van der Waals surface area contributed by atoms with Crippen LogP contribution in [0, 0.1) is 5.82 Å². The molecule has 1 nitrogen and oxygen atoms in total. The Hall–Kier alpha value is -0.740. The molecule has 1 fully saturated rings. The lowest BCUT2D eigenvalue weighted by molar-refractivity contribution is 0.0881. The highest BCUT2D eigenvalue weighted by atomic mass is 35.5. The van der Waals surface area contributed by atoms with Gasteiger partial charge in [0.2, 0.25) is 0 Å². The highest BCUT2D eigenvalue weighted by Crippen LogP contribution is 2.58. The second-order valence-electron chi connectivity index (χ2n) is 3.48. The fourth-order valence-corrected chi connectivity index (χ4v) is 1.61. The SMILES string of the molecule is NC1(c2ccc(Cl)cc2F)CC1(F)F. The second-order valence-corrected chi connectivity index (χ2v) is 3.91. The predicted octanol–water partition coefficient (Wildman–Crippen LogP) is 2.67. The molecule has 1 aliphatic carbocycles. The predicted molar refractivity (Wildman–Crippen MR) is 46.8 cm³/mol. The van der Waals surface area contributed by atoms with E-state index in [0.29, 0.717) is 0 Å². The zero-order valence-electron chi connectivity index (χ0n) is 7.03. The number of hydrogen-bond acceptors (Lipinski definition) is 1.